The van der Waals surface area contributed by atoms with Crippen molar-refractivity contribution >= 4 is 50.8 Å². The van der Waals surface area contributed by atoms with Gasteiger partial charge in [0, 0.05) is 38.9 Å². The van der Waals surface area contributed by atoms with E-state index in [0.29, 0.717) is 36.2 Å². The van der Waals surface area contributed by atoms with Crippen LogP contribution in [0.25, 0.3) is 10.2 Å². The average molecular weight is 549 g/mol. The van der Waals surface area contributed by atoms with E-state index in [9.17, 15) is 4.79 Å². The molecule has 1 aromatic carbocycles. The molecule has 0 radical (unpaired) electrons. The number of halogens is 1. The number of rotatable bonds is 6. The summed E-state index contributed by atoms with van der Waals surface area (Å²) < 4.78 is 11.3. The average Bonchev–Trinajstić information content (AvgIpc) is 3.54. The summed E-state index contributed by atoms with van der Waals surface area (Å²) in [5.41, 5.74) is 1.59. The highest BCUT2D eigenvalue weighted by molar-refractivity contribution is 7.19. The van der Waals surface area contributed by atoms with Gasteiger partial charge < -0.3 is 19.7 Å². The summed E-state index contributed by atoms with van der Waals surface area (Å²) in [4.78, 5) is 28.0. The van der Waals surface area contributed by atoms with E-state index >= 15 is 0 Å². The molecule has 2 N–H and O–H groups in total. The standard InChI is InChI=1S/C27H25ClN6O3S/c1-34(2)27(35)37-20-11-17(30-14-20)6-8-21-13-22-25(31-16-32-26(22)38-21)33-18-7-9-24(23(28)12-18)36-15-19-5-3-4-10-29-19/h3-5,7,9-10,12-13,16-17,20,30H,11,14-15H2,1-2H3,(H,31,32,33). The predicted molar refractivity (Wildman–Crippen MR) is 148 cm³/mol. The van der Waals surface area contributed by atoms with Gasteiger partial charge in [-0.15, -0.1) is 11.3 Å². The lowest BCUT2D eigenvalue weighted by molar-refractivity contribution is 0.0826. The van der Waals surface area contributed by atoms with Gasteiger partial charge in [-0.1, -0.05) is 29.5 Å². The molecular formula is C27H25ClN6O3S. The van der Waals surface area contributed by atoms with Crippen molar-refractivity contribution in [2.24, 2.45) is 0 Å². The maximum atomic E-state index is 11.8. The molecule has 0 spiro atoms. The quantitative estimate of drug-likeness (QED) is 0.330. The molecule has 38 heavy (non-hydrogen) atoms. The van der Waals surface area contributed by atoms with Gasteiger partial charge in [0.2, 0.25) is 0 Å². The number of fused-ring (bicyclic) bond motifs is 1. The van der Waals surface area contributed by atoms with Gasteiger partial charge in [0.05, 0.1) is 27.0 Å². The normalized spacial score (nSPS) is 16.5. The number of thiophene rings is 1. The first-order chi connectivity index (χ1) is 18.4. The predicted octanol–water partition coefficient (Wildman–Crippen LogP) is 4.84. The fraction of sp³-hybridized carbons (Fsp3) is 0.259. The highest BCUT2D eigenvalue weighted by Gasteiger charge is 2.26. The number of pyridine rings is 1. The van der Waals surface area contributed by atoms with Gasteiger partial charge in [-0.25, -0.2) is 14.8 Å². The van der Waals surface area contributed by atoms with Crippen LogP contribution in [-0.2, 0) is 11.3 Å². The van der Waals surface area contributed by atoms with E-state index in [-0.39, 0.29) is 18.2 Å². The number of amides is 1. The van der Waals surface area contributed by atoms with Crippen molar-refractivity contribution in [1.29, 1.82) is 0 Å². The van der Waals surface area contributed by atoms with Crippen LogP contribution in [-0.4, -0.2) is 58.7 Å². The number of aromatic nitrogens is 3. The van der Waals surface area contributed by atoms with Crippen molar-refractivity contribution in [3.05, 3.63) is 70.6 Å². The van der Waals surface area contributed by atoms with E-state index in [1.807, 2.05) is 36.4 Å². The molecule has 0 saturated carbocycles. The first-order valence-corrected chi connectivity index (χ1v) is 13.1. The summed E-state index contributed by atoms with van der Waals surface area (Å²) in [5, 5.41) is 7.96. The van der Waals surface area contributed by atoms with Gasteiger partial charge >= 0.3 is 6.09 Å². The van der Waals surface area contributed by atoms with Crippen molar-refractivity contribution in [3.63, 3.8) is 0 Å². The zero-order valence-electron chi connectivity index (χ0n) is 20.8. The Bertz CT molecular complexity index is 1500. The number of nitrogens with zero attached hydrogens (tertiary/aromatic N) is 4. The summed E-state index contributed by atoms with van der Waals surface area (Å²) in [6, 6.07) is 13.1. The summed E-state index contributed by atoms with van der Waals surface area (Å²) in [5.74, 6) is 7.69. The number of hydrogen-bond donors (Lipinski definition) is 2. The highest BCUT2D eigenvalue weighted by Crippen LogP contribution is 2.33. The van der Waals surface area contributed by atoms with Crippen molar-refractivity contribution < 1.29 is 14.3 Å². The smallest absolute Gasteiger partial charge is 0.409 e. The van der Waals surface area contributed by atoms with Crippen molar-refractivity contribution in [2.45, 2.75) is 25.2 Å². The van der Waals surface area contributed by atoms with E-state index < -0.39 is 0 Å². The highest BCUT2D eigenvalue weighted by atomic mass is 35.5. The minimum absolute atomic E-state index is 0.0515. The molecule has 11 heteroatoms. The first-order valence-electron chi connectivity index (χ1n) is 11.9. The molecule has 0 aliphatic carbocycles. The van der Waals surface area contributed by atoms with Gasteiger partial charge in [-0.05, 0) is 36.4 Å². The molecule has 1 aliphatic rings. The Morgan fingerprint density at radius 2 is 2.13 bits per heavy atom. The maximum Gasteiger partial charge on any atom is 0.409 e. The third kappa shape index (κ3) is 6.31. The Labute approximate surface area is 229 Å². The van der Waals surface area contributed by atoms with Gasteiger partial charge in [-0.3, -0.25) is 10.3 Å². The monoisotopic (exact) mass is 548 g/mol. The summed E-state index contributed by atoms with van der Waals surface area (Å²) in [7, 11) is 3.33. The third-order valence-corrected chi connectivity index (χ3v) is 6.97. The Balaban J connectivity index is 1.24. The molecule has 9 nitrogen and oxygen atoms in total. The SMILES string of the molecule is CN(C)C(=O)OC1CNC(C#Cc2cc3c(Nc4ccc(OCc5ccccn5)c(Cl)c4)ncnc3s2)C1. The molecule has 2 atom stereocenters. The lowest BCUT2D eigenvalue weighted by Crippen LogP contribution is -2.29. The van der Waals surface area contributed by atoms with Crippen LogP contribution in [0.4, 0.5) is 16.3 Å². The Morgan fingerprint density at radius 1 is 1.24 bits per heavy atom. The van der Waals surface area contributed by atoms with Crippen LogP contribution in [0, 0.1) is 11.8 Å². The van der Waals surface area contributed by atoms with Crippen molar-refractivity contribution in [1.82, 2.24) is 25.2 Å². The number of nitrogens with one attached hydrogen (secondary N) is 2. The molecule has 4 aromatic rings. The number of benzene rings is 1. The van der Waals surface area contributed by atoms with E-state index in [0.717, 1.165) is 26.5 Å². The number of ether oxygens (including phenoxy) is 2. The van der Waals surface area contributed by atoms with Gasteiger partial charge in [0.1, 0.15) is 35.4 Å². The second-order valence-electron chi connectivity index (χ2n) is 8.80. The minimum Gasteiger partial charge on any atom is -0.486 e. The lowest BCUT2D eigenvalue weighted by Gasteiger charge is -2.15. The van der Waals surface area contributed by atoms with Crippen LogP contribution in [0.15, 0.2) is 55.0 Å². The van der Waals surface area contributed by atoms with Crippen LogP contribution in [0.1, 0.15) is 17.0 Å². The van der Waals surface area contributed by atoms with Crippen LogP contribution < -0.4 is 15.4 Å². The van der Waals surface area contributed by atoms with Crippen molar-refractivity contribution in [2.75, 3.05) is 26.0 Å². The second kappa shape index (κ2) is 11.6. The van der Waals surface area contributed by atoms with E-state index in [4.69, 9.17) is 21.1 Å². The van der Waals surface area contributed by atoms with Gasteiger partial charge in [-0.2, -0.15) is 0 Å². The molecule has 1 amide bonds. The Morgan fingerprint density at radius 3 is 2.92 bits per heavy atom. The molecular weight excluding hydrogens is 524 g/mol. The molecule has 194 valence electrons. The zero-order chi connectivity index (χ0) is 26.5. The Kier molecular flexibility index (Phi) is 7.89. The number of carbonyl (C=O) groups is 1. The van der Waals surface area contributed by atoms with E-state index in [1.54, 1.807) is 26.4 Å². The van der Waals surface area contributed by atoms with Crippen LogP contribution in [0.2, 0.25) is 5.02 Å². The molecule has 3 aromatic heterocycles. The number of carbonyl (C=O) groups excluding carboxylic acids is 1. The molecule has 1 saturated heterocycles. The maximum absolute atomic E-state index is 11.8. The third-order valence-electron chi connectivity index (χ3n) is 5.72. The van der Waals surface area contributed by atoms with Crippen LogP contribution >= 0.6 is 22.9 Å². The minimum atomic E-state index is -0.346. The number of hydrogen-bond acceptors (Lipinski definition) is 9. The molecule has 1 fully saturated rings. The molecule has 5 rings (SSSR count). The van der Waals surface area contributed by atoms with E-state index in [2.05, 4.69) is 37.4 Å². The molecule has 0 bridgehead atoms. The summed E-state index contributed by atoms with van der Waals surface area (Å²) >= 11 is 7.97. The van der Waals surface area contributed by atoms with Crippen molar-refractivity contribution in [3.8, 4) is 17.6 Å². The topological polar surface area (TPSA) is 102 Å². The zero-order valence-corrected chi connectivity index (χ0v) is 22.3. The molecule has 1 aliphatic heterocycles. The summed E-state index contributed by atoms with van der Waals surface area (Å²) in [6.07, 6.45) is 3.36. The largest absolute Gasteiger partial charge is 0.486 e. The first kappa shape index (κ1) is 25.7. The fourth-order valence-corrected chi connectivity index (χ4v) is 4.89. The summed E-state index contributed by atoms with van der Waals surface area (Å²) in [6.45, 7) is 0.914. The lowest BCUT2D eigenvalue weighted by atomic mass is 10.2. The van der Waals surface area contributed by atoms with E-state index in [1.165, 1.54) is 22.6 Å². The van der Waals surface area contributed by atoms with Crippen LogP contribution in [0.3, 0.4) is 0 Å². The Hall–Kier alpha value is -3.91. The van der Waals surface area contributed by atoms with Gasteiger partial charge in [0.15, 0.2) is 0 Å². The molecule has 2 unspecified atom stereocenters. The van der Waals surface area contributed by atoms with Gasteiger partial charge in [0.25, 0.3) is 0 Å². The molecule has 4 heterocycles. The second-order valence-corrected chi connectivity index (χ2v) is 10.2. The van der Waals surface area contributed by atoms with Crippen LogP contribution in [0.5, 0.6) is 5.75 Å². The fourth-order valence-electron chi connectivity index (χ4n) is 3.79. The number of anilines is 2.